The Morgan fingerprint density at radius 2 is 2.00 bits per heavy atom. The van der Waals surface area contributed by atoms with Crippen molar-refractivity contribution in [3.05, 3.63) is 30.0 Å². The second-order valence-electron chi connectivity index (χ2n) is 7.59. The van der Waals surface area contributed by atoms with E-state index in [1.807, 2.05) is 16.8 Å². The Kier molecular flexibility index (Phi) is 5.65. The van der Waals surface area contributed by atoms with Crippen LogP contribution >= 0.6 is 0 Å². The van der Waals surface area contributed by atoms with E-state index in [4.69, 9.17) is 4.42 Å². The molecular formula is C19H30N6O. The van der Waals surface area contributed by atoms with Crippen LogP contribution in [0.3, 0.4) is 0 Å². The molecule has 0 amide bonds. The van der Waals surface area contributed by atoms with Gasteiger partial charge < -0.3 is 4.42 Å². The van der Waals surface area contributed by atoms with Gasteiger partial charge >= 0.3 is 0 Å². The summed E-state index contributed by atoms with van der Waals surface area (Å²) in [6.07, 6.45) is 9.50. The minimum atomic E-state index is 0.288. The van der Waals surface area contributed by atoms with E-state index in [0.717, 1.165) is 43.6 Å². The van der Waals surface area contributed by atoms with E-state index < -0.39 is 0 Å². The zero-order chi connectivity index (χ0) is 17.8. The first-order chi connectivity index (χ1) is 12.8. The zero-order valence-corrected chi connectivity index (χ0v) is 15.8. The van der Waals surface area contributed by atoms with Gasteiger partial charge in [0.25, 0.3) is 0 Å². The summed E-state index contributed by atoms with van der Waals surface area (Å²) in [5, 5.41) is 12.6. The lowest BCUT2D eigenvalue weighted by molar-refractivity contribution is 0.0626. The number of piperazine rings is 1. The van der Waals surface area contributed by atoms with Crippen molar-refractivity contribution >= 4 is 0 Å². The first-order valence-electron chi connectivity index (χ1n) is 10.1. The van der Waals surface area contributed by atoms with E-state index in [0.29, 0.717) is 6.54 Å². The van der Waals surface area contributed by atoms with Crippen LogP contribution in [0, 0.1) is 0 Å². The van der Waals surface area contributed by atoms with Gasteiger partial charge in [-0.2, -0.15) is 0 Å². The monoisotopic (exact) mass is 358 g/mol. The van der Waals surface area contributed by atoms with E-state index in [2.05, 4.69) is 32.2 Å². The Labute approximate surface area is 155 Å². The van der Waals surface area contributed by atoms with E-state index in [1.54, 1.807) is 6.26 Å². The van der Waals surface area contributed by atoms with Crippen molar-refractivity contribution in [2.45, 2.75) is 64.1 Å². The maximum absolute atomic E-state index is 5.48. The zero-order valence-electron chi connectivity index (χ0n) is 15.8. The molecule has 1 aliphatic carbocycles. The average molecular weight is 358 g/mol. The van der Waals surface area contributed by atoms with Gasteiger partial charge in [-0.05, 0) is 41.8 Å². The summed E-state index contributed by atoms with van der Waals surface area (Å²) in [6, 6.07) is 4.99. The molecule has 0 aromatic carbocycles. The van der Waals surface area contributed by atoms with Gasteiger partial charge in [-0.3, -0.25) is 9.80 Å². The van der Waals surface area contributed by atoms with Gasteiger partial charge in [0.1, 0.15) is 12.3 Å². The fourth-order valence-corrected chi connectivity index (χ4v) is 4.55. The topological polar surface area (TPSA) is 63.2 Å². The van der Waals surface area contributed by atoms with Crippen molar-refractivity contribution < 1.29 is 4.42 Å². The third-order valence-corrected chi connectivity index (χ3v) is 5.94. The summed E-state index contributed by atoms with van der Waals surface area (Å²) in [6.45, 7) is 7.39. The molecule has 4 rings (SSSR count). The van der Waals surface area contributed by atoms with Gasteiger partial charge in [0.2, 0.25) is 0 Å². The van der Waals surface area contributed by atoms with Crippen molar-refractivity contribution in [3.8, 4) is 0 Å². The Balaban J connectivity index is 1.44. The number of furan rings is 1. The Morgan fingerprint density at radius 1 is 1.19 bits per heavy atom. The fourth-order valence-electron chi connectivity index (χ4n) is 4.55. The van der Waals surface area contributed by atoms with Crippen molar-refractivity contribution in [1.29, 1.82) is 0 Å². The van der Waals surface area contributed by atoms with Crippen molar-refractivity contribution in [2.75, 3.05) is 26.2 Å². The quantitative estimate of drug-likeness (QED) is 0.758. The first kappa shape index (κ1) is 17.7. The smallest absolute Gasteiger partial charge is 0.168 e. The maximum atomic E-state index is 5.48. The molecule has 2 aliphatic rings. The summed E-state index contributed by atoms with van der Waals surface area (Å²) < 4.78 is 7.39. The van der Waals surface area contributed by atoms with E-state index in [-0.39, 0.29) is 6.04 Å². The molecule has 2 aromatic heterocycles. The highest BCUT2D eigenvalue weighted by atomic mass is 16.3. The van der Waals surface area contributed by atoms with Crippen LogP contribution in [0.25, 0.3) is 0 Å². The molecule has 26 heavy (non-hydrogen) atoms. The largest absolute Gasteiger partial charge is 0.467 e. The van der Waals surface area contributed by atoms with Gasteiger partial charge in [-0.15, -0.1) is 5.10 Å². The molecule has 0 N–H and O–H groups in total. The maximum Gasteiger partial charge on any atom is 0.168 e. The van der Waals surface area contributed by atoms with Crippen LogP contribution in [-0.2, 0) is 6.54 Å². The average Bonchev–Trinajstić information content (AvgIpc) is 3.43. The van der Waals surface area contributed by atoms with Crippen LogP contribution in [0.2, 0.25) is 0 Å². The molecule has 1 aliphatic heterocycles. The van der Waals surface area contributed by atoms with Gasteiger partial charge in [0, 0.05) is 32.2 Å². The van der Waals surface area contributed by atoms with Gasteiger partial charge in [0.05, 0.1) is 12.3 Å². The lowest BCUT2D eigenvalue weighted by atomic mass is 10.1. The summed E-state index contributed by atoms with van der Waals surface area (Å²) >= 11 is 0. The van der Waals surface area contributed by atoms with Crippen LogP contribution in [-0.4, -0.2) is 62.2 Å². The molecule has 2 aromatic rings. The van der Waals surface area contributed by atoms with Crippen molar-refractivity contribution in [1.82, 2.24) is 30.0 Å². The third-order valence-electron chi connectivity index (χ3n) is 5.94. The number of hydrogen-bond acceptors (Lipinski definition) is 6. The SMILES string of the molecule is CCC[C@H](c1nnnn1Cc1ccco1)N1CCN(C2CCCC2)CC1. The minimum Gasteiger partial charge on any atom is -0.467 e. The normalized spacial score (nSPS) is 21.4. The molecule has 0 spiro atoms. The molecule has 7 nitrogen and oxygen atoms in total. The van der Waals surface area contributed by atoms with Gasteiger partial charge in [-0.25, -0.2) is 4.68 Å². The minimum absolute atomic E-state index is 0.288. The Morgan fingerprint density at radius 3 is 2.69 bits per heavy atom. The lowest BCUT2D eigenvalue weighted by Gasteiger charge is -2.41. The highest BCUT2D eigenvalue weighted by Crippen LogP contribution is 2.28. The third kappa shape index (κ3) is 3.83. The standard InChI is InChI=1S/C19H30N6O/c1-2-6-18(19-20-21-22-25(19)15-17-9-5-14-26-17)24-12-10-23(11-13-24)16-7-3-4-8-16/h5,9,14,16,18H,2-4,6-8,10-13,15H2,1H3/t18-/m1/s1. The van der Waals surface area contributed by atoms with Crippen LogP contribution in [0.4, 0.5) is 0 Å². The van der Waals surface area contributed by atoms with Gasteiger partial charge in [-0.1, -0.05) is 26.2 Å². The summed E-state index contributed by atoms with van der Waals surface area (Å²) in [5.41, 5.74) is 0. The molecule has 142 valence electrons. The highest BCUT2D eigenvalue weighted by Gasteiger charge is 2.31. The molecule has 1 saturated carbocycles. The van der Waals surface area contributed by atoms with Crippen LogP contribution in [0.15, 0.2) is 22.8 Å². The molecule has 3 heterocycles. The molecule has 1 atom stereocenters. The summed E-state index contributed by atoms with van der Waals surface area (Å²) in [4.78, 5) is 5.29. The molecule has 0 unspecified atom stereocenters. The van der Waals surface area contributed by atoms with Crippen molar-refractivity contribution in [2.24, 2.45) is 0 Å². The molecule has 1 saturated heterocycles. The highest BCUT2D eigenvalue weighted by molar-refractivity contribution is 5.02. The number of nitrogens with zero attached hydrogens (tertiary/aromatic N) is 6. The van der Waals surface area contributed by atoms with Crippen LogP contribution in [0.1, 0.15) is 63.1 Å². The predicted molar refractivity (Wildman–Crippen MR) is 98.7 cm³/mol. The van der Waals surface area contributed by atoms with E-state index in [1.165, 1.54) is 38.8 Å². The number of rotatable bonds is 7. The molecular weight excluding hydrogens is 328 g/mol. The Bertz CT molecular complexity index is 655. The summed E-state index contributed by atoms with van der Waals surface area (Å²) in [5.74, 6) is 1.86. The van der Waals surface area contributed by atoms with Gasteiger partial charge in [0.15, 0.2) is 5.82 Å². The van der Waals surface area contributed by atoms with Crippen LogP contribution < -0.4 is 0 Å². The fraction of sp³-hybridized carbons (Fsp3) is 0.737. The molecule has 2 fully saturated rings. The van der Waals surface area contributed by atoms with Crippen LogP contribution in [0.5, 0.6) is 0 Å². The second-order valence-corrected chi connectivity index (χ2v) is 7.59. The first-order valence-corrected chi connectivity index (χ1v) is 10.1. The number of hydrogen-bond donors (Lipinski definition) is 0. The molecule has 0 bridgehead atoms. The van der Waals surface area contributed by atoms with E-state index in [9.17, 15) is 0 Å². The number of tetrazole rings is 1. The Hall–Kier alpha value is -1.73. The molecule has 7 heteroatoms. The molecule has 0 radical (unpaired) electrons. The number of aromatic nitrogens is 4. The lowest BCUT2D eigenvalue weighted by Crippen LogP contribution is -2.50. The van der Waals surface area contributed by atoms with Crippen molar-refractivity contribution in [3.63, 3.8) is 0 Å². The van der Waals surface area contributed by atoms with E-state index >= 15 is 0 Å². The predicted octanol–water partition coefficient (Wildman–Crippen LogP) is 2.72. The second kappa shape index (κ2) is 8.31. The summed E-state index contributed by atoms with van der Waals surface area (Å²) in [7, 11) is 0.